The van der Waals surface area contributed by atoms with E-state index in [-0.39, 0.29) is 11.7 Å². The number of hydrogen-bond acceptors (Lipinski definition) is 3. The van der Waals surface area contributed by atoms with E-state index in [9.17, 15) is 13.2 Å². The zero-order chi connectivity index (χ0) is 17.0. The van der Waals surface area contributed by atoms with Gasteiger partial charge in [0.05, 0.1) is 11.8 Å². The van der Waals surface area contributed by atoms with Crippen LogP contribution in [0.3, 0.4) is 0 Å². The summed E-state index contributed by atoms with van der Waals surface area (Å²) in [6.07, 6.45) is 2.57. The van der Waals surface area contributed by atoms with Crippen molar-refractivity contribution in [3.8, 4) is 0 Å². The number of aryl methyl sites for hydroxylation is 1. The van der Waals surface area contributed by atoms with Crippen LogP contribution in [0.5, 0.6) is 0 Å². The maximum Gasteiger partial charge on any atom is 0.227 e. The monoisotopic (exact) mass is 341 g/mol. The smallest absolute Gasteiger partial charge is 0.227 e. The van der Waals surface area contributed by atoms with Crippen LogP contribution >= 0.6 is 0 Å². The van der Waals surface area contributed by atoms with Crippen LogP contribution in [0.15, 0.2) is 72.1 Å². The van der Waals surface area contributed by atoms with Gasteiger partial charge in [-0.1, -0.05) is 48.5 Å². The molecule has 2 aromatic carbocycles. The first kappa shape index (κ1) is 16.5. The zero-order valence-electron chi connectivity index (χ0n) is 13.2. The van der Waals surface area contributed by atoms with E-state index in [0.29, 0.717) is 12.8 Å². The fraction of sp³-hybridized carbons (Fsp3) is 0.211. The van der Waals surface area contributed by atoms with Crippen molar-refractivity contribution in [2.24, 2.45) is 0 Å². The van der Waals surface area contributed by atoms with Crippen LogP contribution in [0.4, 0.5) is 5.69 Å². The first-order valence-corrected chi connectivity index (χ1v) is 9.59. The molecule has 0 bridgehead atoms. The molecule has 0 aliphatic carbocycles. The van der Waals surface area contributed by atoms with Crippen molar-refractivity contribution in [3.63, 3.8) is 0 Å². The number of benzene rings is 2. The third kappa shape index (κ3) is 3.92. The predicted molar refractivity (Wildman–Crippen MR) is 95.4 cm³/mol. The number of sulfone groups is 1. The van der Waals surface area contributed by atoms with Crippen LogP contribution < -0.4 is 4.90 Å². The third-order valence-corrected chi connectivity index (χ3v) is 5.39. The molecule has 3 rings (SSSR count). The van der Waals surface area contributed by atoms with Crippen molar-refractivity contribution in [3.05, 3.63) is 77.7 Å². The lowest BCUT2D eigenvalue weighted by atomic mass is 10.1. The average molecular weight is 341 g/mol. The molecule has 0 fully saturated rings. The minimum Gasteiger partial charge on any atom is -0.304 e. The fourth-order valence-corrected chi connectivity index (χ4v) is 4.11. The molecular weight excluding hydrogens is 322 g/mol. The molecule has 1 heterocycles. The Morgan fingerprint density at radius 1 is 1.00 bits per heavy atom. The summed E-state index contributed by atoms with van der Waals surface area (Å²) in [6, 6.07) is 18.6. The van der Waals surface area contributed by atoms with Gasteiger partial charge in [-0.05, 0) is 30.2 Å². The molecule has 0 spiro atoms. The Morgan fingerprint density at radius 2 is 1.62 bits per heavy atom. The molecule has 0 saturated carbocycles. The van der Waals surface area contributed by atoms with Crippen LogP contribution in [0.2, 0.25) is 0 Å². The second kappa shape index (κ2) is 7.01. The predicted octanol–water partition coefficient (Wildman–Crippen LogP) is 2.96. The lowest BCUT2D eigenvalue weighted by molar-refractivity contribution is -0.118. The Kier molecular flexibility index (Phi) is 4.81. The van der Waals surface area contributed by atoms with Gasteiger partial charge >= 0.3 is 0 Å². The van der Waals surface area contributed by atoms with Crippen molar-refractivity contribution < 1.29 is 13.2 Å². The molecule has 1 atom stereocenters. The first-order valence-electron chi connectivity index (χ1n) is 7.87. The van der Waals surface area contributed by atoms with Crippen molar-refractivity contribution in [2.75, 3.05) is 10.7 Å². The molecule has 24 heavy (non-hydrogen) atoms. The fourth-order valence-electron chi connectivity index (χ4n) is 2.85. The topological polar surface area (TPSA) is 54.5 Å². The molecule has 1 aliphatic heterocycles. The second-order valence-electron chi connectivity index (χ2n) is 5.81. The Balaban J connectivity index is 1.80. The largest absolute Gasteiger partial charge is 0.304 e. The van der Waals surface area contributed by atoms with Crippen molar-refractivity contribution in [2.45, 2.75) is 18.9 Å². The molecule has 1 aliphatic rings. The van der Waals surface area contributed by atoms with Gasteiger partial charge in [0.25, 0.3) is 0 Å². The number of carbonyl (C=O) groups is 1. The van der Waals surface area contributed by atoms with Gasteiger partial charge in [0, 0.05) is 17.5 Å². The Morgan fingerprint density at radius 3 is 2.21 bits per heavy atom. The number of anilines is 1. The standard InChI is InChI=1S/C19H19NO3S/c21-19(12-11-16-7-3-1-4-8-16)20(17-9-5-2-6-10-17)18-13-14-24(22,23)15-18/h1-10,13-14,18H,11-12,15H2/t18-/m0/s1. The molecule has 0 saturated heterocycles. The lowest BCUT2D eigenvalue weighted by Crippen LogP contribution is -2.41. The van der Waals surface area contributed by atoms with Crippen LogP contribution in [0.25, 0.3) is 0 Å². The molecule has 0 unspecified atom stereocenters. The van der Waals surface area contributed by atoms with E-state index in [0.717, 1.165) is 11.3 Å². The summed E-state index contributed by atoms with van der Waals surface area (Å²) in [5.41, 5.74) is 1.82. The average Bonchev–Trinajstić information content (AvgIpc) is 2.95. The number of amides is 1. The van der Waals surface area contributed by atoms with E-state index in [2.05, 4.69) is 0 Å². The molecule has 0 N–H and O–H groups in total. The maximum absolute atomic E-state index is 12.8. The molecule has 0 radical (unpaired) electrons. The van der Waals surface area contributed by atoms with Crippen LogP contribution in [0, 0.1) is 0 Å². The summed E-state index contributed by atoms with van der Waals surface area (Å²) in [5, 5.41) is 1.21. The summed E-state index contributed by atoms with van der Waals surface area (Å²) in [6.45, 7) is 0. The minimum atomic E-state index is -3.22. The van der Waals surface area contributed by atoms with Crippen LogP contribution in [-0.4, -0.2) is 26.1 Å². The summed E-state index contributed by atoms with van der Waals surface area (Å²) in [7, 11) is -3.22. The summed E-state index contributed by atoms with van der Waals surface area (Å²) in [4.78, 5) is 14.4. The van der Waals surface area contributed by atoms with E-state index in [4.69, 9.17) is 0 Å². The number of rotatable bonds is 5. The molecule has 0 aromatic heterocycles. The second-order valence-corrected chi connectivity index (χ2v) is 7.74. The summed E-state index contributed by atoms with van der Waals surface area (Å²) in [5.74, 6) is -0.129. The molecule has 4 nitrogen and oxygen atoms in total. The van der Waals surface area contributed by atoms with E-state index < -0.39 is 15.9 Å². The molecule has 124 valence electrons. The van der Waals surface area contributed by atoms with Gasteiger partial charge in [-0.3, -0.25) is 4.79 Å². The SMILES string of the molecule is O=C(CCc1ccccc1)N(c1ccccc1)[C@H]1C=CS(=O)(=O)C1. The van der Waals surface area contributed by atoms with E-state index in [1.165, 1.54) is 5.41 Å². The minimum absolute atomic E-state index is 0.0566. The highest BCUT2D eigenvalue weighted by Gasteiger charge is 2.31. The van der Waals surface area contributed by atoms with E-state index in [1.54, 1.807) is 11.0 Å². The first-order chi connectivity index (χ1) is 11.6. The lowest BCUT2D eigenvalue weighted by Gasteiger charge is -2.27. The number of nitrogens with zero attached hydrogens (tertiary/aromatic N) is 1. The van der Waals surface area contributed by atoms with Crippen molar-refractivity contribution >= 4 is 21.4 Å². The van der Waals surface area contributed by atoms with Crippen LogP contribution in [0.1, 0.15) is 12.0 Å². The highest BCUT2D eigenvalue weighted by Crippen LogP contribution is 2.23. The number of hydrogen-bond donors (Lipinski definition) is 0. The quantitative estimate of drug-likeness (QED) is 0.840. The molecular formula is C19H19NO3S. The maximum atomic E-state index is 12.8. The Labute approximate surface area is 142 Å². The highest BCUT2D eigenvalue weighted by molar-refractivity contribution is 7.94. The van der Waals surface area contributed by atoms with Gasteiger partial charge in [-0.2, -0.15) is 0 Å². The Bertz CT molecular complexity index is 829. The zero-order valence-corrected chi connectivity index (χ0v) is 14.0. The van der Waals surface area contributed by atoms with Gasteiger partial charge in [0.1, 0.15) is 0 Å². The molecule has 2 aromatic rings. The third-order valence-electron chi connectivity index (χ3n) is 4.02. The van der Waals surface area contributed by atoms with Gasteiger partial charge in [0.15, 0.2) is 9.84 Å². The van der Waals surface area contributed by atoms with Gasteiger partial charge < -0.3 is 4.90 Å². The molecule has 1 amide bonds. The number of carbonyl (C=O) groups excluding carboxylic acids is 1. The normalized spacial score (nSPS) is 18.4. The summed E-state index contributed by atoms with van der Waals surface area (Å²) < 4.78 is 23.5. The van der Waals surface area contributed by atoms with Gasteiger partial charge in [-0.15, -0.1) is 0 Å². The van der Waals surface area contributed by atoms with Crippen molar-refractivity contribution in [1.29, 1.82) is 0 Å². The highest BCUT2D eigenvalue weighted by atomic mass is 32.2. The molecule has 5 heteroatoms. The van der Waals surface area contributed by atoms with Gasteiger partial charge in [0.2, 0.25) is 5.91 Å². The van der Waals surface area contributed by atoms with Gasteiger partial charge in [-0.25, -0.2) is 8.42 Å². The Hall–Kier alpha value is -2.40. The summed E-state index contributed by atoms with van der Waals surface area (Å²) >= 11 is 0. The van der Waals surface area contributed by atoms with Crippen molar-refractivity contribution in [1.82, 2.24) is 0 Å². The number of para-hydroxylation sites is 1. The van der Waals surface area contributed by atoms with Crippen LogP contribution in [-0.2, 0) is 21.1 Å². The van der Waals surface area contributed by atoms with E-state index in [1.807, 2.05) is 60.7 Å². The van der Waals surface area contributed by atoms with E-state index >= 15 is 0 Å².